The standard InChI is InChI=1S/C23H27ClFN5O2S2/c1-4-10-30(11-5-2)34(31,32)18-7-9-22-19(13-18)16(15-29(22)3)14-26-28-23(33)27-17-6-8-21(25)20(24)12-17/h6-9,12-15H,4-5,10-11H2,1-3H3,(H2,27,28,33)/b26-14-. The van der Waals surface area contributed by atoms with Crippen LogP contribution in [0.1, 0.15) is 32.3 Å². The zero-order valence-corrected chi connectivity index (χ0v) is 21.6. The first-order valence-electron chi connectivity index (χ1n) is 10.8. The van der Waals surface area contributed by atoms with Crippen LogP contribution in [0.5, 0.6) is 0 Å². The van der Waals surface area contributed by atoms with E-state index in [9.17, 15) is 12.8 Å². The van der Waals surface area contributed by atoms with Gasteiger partial charge in [0.1, 0.15) is 5.82 Å². The summed E-state index contributed by atoms with van der Waals surface area (Å²) in [6.45, 7) is 4.88. The van der Waals surface area contributed by atoms with Crippen LogP contribution in [0.3, 0.4) is 0 Å². The number of hydrogen-bond acceptors (Lipinski definition) is 4. The molecule has 0 saturated carbocycles. The quantitative estimate of drug-likeness (QED) is 0.232. The number of thiocarbonyl (C=S) groups is 1. The van der Waals surface area contributed by atoms with Crippen molar-refractivity contribution < 1.29 is 12.8 Å². The number of halogens is 2. The molecule has 1 aromatic heterocycles. The Balaban J connectivity index is 1.81. The second-order valence-electron chi connectivity index (χ2n) is 7.73. The number of hydrogen-bond donors (Lipinski definition) is 2. The van der Waals surface area contributed by atoms with Crippen molar-refractivity contribution in [2.45, 2.75) is 31.6 Å². The summed E-state index contributed by atoms with van der Waals surface area (Å²) >= 11 is 11.0. The second kappa shape index (κ2) is 11.3. The highest BCUT2D eigenvalue weighted by molar-refractivity contribution is 7.89. The van der Waals surface area contributed by atoms with E-state index in [0.29, 0.717) is 18.8 Å². The van der Waals surface area contributed by atoms with Crippen molar-refractivity contribution in [1.82, 2.24) is 14.3 Å². The van der Waals surface area contributed by atoms with Gasteiger partial charge >= 0.3 is 0 Å². The predicted molar refractivity (Wildman–Crippen MR) is 141 cm³/mol. The molecule has 0 aliphatic carbocycles. The fourth-order valence-electron chi connectivity index (χ4n) is 3.56. The summed E-state index contributed by atoms with van der Waals surface area (Å²) in [7, 11) is -1.72. The van der Waals surface area contributed by atoms with E-state index in [1.165, 1.54) is 22.5 Å². The molecule has 7 nitrogen and oxygen atoms in total. The van der Waals surface area contributed by atoms with Gasteiger partial charge in [-0.3, -0.25) is 5.43 Å². The molecule has 2 N–H and O–H groups in total. The molecule has 11 heteroatoms. The summed E-state index contributed by atoms with van der Waals surface area (Å²) < 4.78 is 43.2. The summed E-state index contributed by atoms with van der Waals surface area (Å²) in [5.41, 5.74) is 4.82. The maximum atomic E-state index is 13.3. The van der Waals surface area contributed by atoms with Crippen molar-refractivity contribution >= 4 is 61.8 Å². The first-order chi connectivity index (χ1) is 16.2. The van der Waals surface area contributed by atoms with Crippen LogP contribution >= 0.6 is 23.8 Å². The van der Waals surface area contributed by atoms with Crippen LogP contribution in [0.4, 0.5) is 10.1 Å². The predicted octanol–water partition coefficient (Wildman–Crippen LogP) is 5.10. The molecule has 0 fully saturated rings. The Morgan fingerprint density at radius 2 is 1.91 bits per heavy atom. The number of anilines is 1. The third kappa shape index (κ3) is 5.93. The lowest BCUT2D eigenvalue weighted by atomic mass is 10.2. The molecule has 0 amide bonds. The normalized spacial score (nSPS) is 12.1. The number of rotatable bonds is 9. The average Bonchev–Trinajstić information content (AvgIpc) is 3.11. The van der Waals surface area contributed by atoms with Crippen LogP contribution in [0, 0.1) is 5.82 Å². The van der Waals surface area contributed by atoms with E-state index in [-0.39, 0.29) is 15.0 Å². The van der Waals surface area contributed by atoms with Crippen LogP contribution in [-0.4, -0.2) is 41.7 Å². The van der Waals surface area contributed by atoms with Gasteiger partial charge in [0.05, 0.1) is 16.1 Å². The molecule has 34 heavy (non-hydrogen) atoms. The van der Waals surface area contributed by atoms with Crippen molar-refractivity contribution in [2.24, 2.45) is 12.1 Å². The van der Waals surface area contributed by atoms with Gasteiger partial charge < -0.3 is 9.88 Å². The molecule has 3 rings (SSSR count). The lowest BCUT2D eigenvalue weighted by molar-refractivity contribution is 0.410. The van der Waals surface area contributed by atoms with Gasteiger partial charge in [-0.25, -0.2) is 12.8 Å². The summed E-state index contributed by atoms with van der Waals surface area (Å²) in [6, 6.07) is 9.28. The van der Waals surface area contributed by atoms with Crippen molar-refractivity contribution in [3.05, 3.63) is 59.0 Å². The largest absolute Gasteiger partial charge is 0.350 e. The molecule has 0 radical (unpaired) electrons. The van der Waals surface area contributed by atoms with E-state index in [1.54, 1.807) is 24.4 Å². The number of nitrogens with zero attached hydrogens (tertiary/aromatic N) is 3. The monoisotopic (exact) mass is 523 g/mol. The molecule has 2 aromatic carbocycles. The number of aromatic nitrogens is 1. The maximum Gasteiger partial charge on any atom is 0.243 e. The number of fused-ring (bicyclic) bond motifs is 1. The van der Waals surface area contributed by atoms with Gasteiger partial charge in [0.25, 0.3) is 0 Å². The maximum absolute atomic E-state index is 13.3. The Morgan fingerprint density at radius 1 is 1.21 bits per heavy atom. The van der Waals surface area contributed by atoms with E-state index >= 15 is 0 Å². The minimum atomic E-state index is -3.60. The lowest BCUT2D eigenvalue weighted by Crippen LogP contribution is -2.32. The third-order valence-corrected chi connectivity index (χ3v) is 7.50. The highest BCUT2D eigenvalue weighted by atomic mass is 35.5. The van der Waals surface area contributed by atoms with Crippen LogP contribution in [0.15, 0.2) is 52.6 Å². The van der Waals surface area contributed by atoms with Crippen molar-refractivity contribution in [1.29, 1.82) is 0 Å². The molecular formula is C23H27ClFN5O2S2. The topological polar surface area (TPSA) is 78.7 Å². The van der Waals surface area contributed by atoms with E-state index < -0.39 is 15.8 Å². The van der Waals surface area contributed by atoms with Gasteiger partial charge in [0, 0.05) is 48.5 Å². The van der Waals surface area contributed by atoms with E-state index in [0.717, 1.165) is 29.3 Å². The zero-order valence-electron chi connectivity index (χ0n) is 19.2. The number of aryl methyl sites for hydroxylation is 1. The van der Waals surface area contributed by atoms with Crippen LogP contribution in [0.25, 0.3) is 10.9 Å². The molecular weight excluding hydrogens is 497 g/mol. The van der Waals surface area contributed by atoms with Crippen molar-refractivity contribution in [3.8, 4) is 0 Å². The Morgan fingerprint density at radius 3 is 2.56 bits per heavy atom. The first-order valence-corrected chi connectivity index (χ1v) is 13.0. The first kappa shape index (κ1) is 26.1. The summed E-state index contributed by atoms with van der Waals surface area (Å²) in [4.78, 5) is 0.251. The Hall–Kier alpha value is -2.53. The molecule has 0 aliphatic rings. The number of nitrogens with one attached hydrogen (secondary N) is 2. The molecule has 182 valence electrons. The Bertz CT molecular complexity index is 1320. The molecule has 0 unspecified atom stereocenters. The van der Waals surface area contributed by atoms with E-state index in [2.05, 4.69) is 15.8 Å². The minimum Gasteiger partial charge on any atom is -0.350 e. The SMILES string of the molecule is CCCN(CCC)S(=O)(=O)c1ccc2c(c1)c(/C=N\NC(=S)Nc1ccc(F)c(Cl)c1)cn2C. The van der Waals surface area contributed by atoms with Crippen molar-refractivity contribution in [2.75, 3.05) is 18.4 Å². The third-order valence-electron chi connectivity index (χ3n) is 5.12. The van der Waals surface area contributed by atoms with Crippen molar-refractivity contribution in [3.63, 3.8) is 0 Å². The zero-order chi connectivity index (χ0) is 24.9. The van der Waals surface area contributed by atoms with Gasteiger partial charge in [0.2, 0.25) is 10.0 Å². The van der Waals surface area contributed by atoms with Crippen LogP contribution in [-0.2, 0) is 17.1 Å². The van der Waals surface area contributed by atoms with Crippen LogP contribution < -0.4 is 10.7 Å². The van der Waals surface area contributed by atoms with Crippen LogP contribution in [0.2, 0.25) is 5.02 Å². The summed E-state index contributed by atoms with van der Waals surface area (Å²) in [5, 5.41) is 7.97. The fraction of sp³-hybridized carbons (Fsp3) is 0.304. The smallest absolute Gasteiger partial charge is 0.243 e. The molecule has 0 aliphatic heterocycles. The second-order valence-corrected chi connectivity index (χ2v) is 10.5. The molecule has 1 heterocycles. The molecule has 3 aromatic rings. The number of benzene rings is 2. The Labute approximate surface area is 209 Å². The molecule has 0 atom stereocenters. The summed E-state index contributed by atoms with van der Waals surface area (Å²) in [5.74, 6) is -0.519. The minimum absolute atomic E-state index is 0.0192. The van der Waals surface area contributed by atoms with E-state index in [4.69, 9.17) is 23.8 Å². The van der Waals surface area contributed by atoms with Gasteiger partial charge in [-0.2, -0.15) is 9.41 Å². The highest BCUT2D eigenvalue weighted by Crippen LogP contribution is 2.25. The number of sulfonamides is 1. The summed E-state index contributed by atoms with van der Waals surface area (Å²) in [6.07, 6.45) is 4.92. The average molecular weight is 524 g/mol. The Kier molecular flexibility index (Phi) is 8.64. The van der Waals surface area contributed by atoms with E-state index in [1.807, 2.05) is 31.7 Å². The fourth-order valence-corrected chi connectivity index (χ4v) is 5.56. The van der Waals surface area contributed by atoms with Gasteiger partial charge in [-0.1, -0.05) is 25.4 Å². The van der Waals surface area contributed by atoms with Gasteiger partial charge in [-0.15, -0.1) is 0 Å². The highest BCUT2D eigenvalue weighted by Gasteiger charge is 2.24. The van der Waals surface area contributed by atoms with Gasteiger partial charge in [-0.05, 0) is 61.5 Å². The lowest BCUT2D eigenvalue weighted by Gasteiger charge is -2.21. The van der Waals surface area contributed by atoms with Gasteiger partial charge in [0.15, 0.2) is 5.11 Å². The molecule has 0 saturated heterocycles. The number of hydrazone groups is 1. The molecule has 0 bridgehead atoms. The molecule has 0 spiro atoms.